The molecule has 0 saturated carbocycles. The topological polar surface area (TPSA) is 63.6 Å². The van der Waals surface area contributed by atoms with Gasteiger partial charge in [0.25, 0.3) is 0 Å². The van der Waals surface area contributed by atoms with Crippen LogP contribution < -0.4 is 4.74 Å². The van der Waals surface area contributed by atoms with Gasteiger partial charge in [-0.2, -0.15) is 8.78 Å². The predicted octanol–water partition coefficient (Wildman–Crippen LogP) is 1.87. The van der Waals surface area contributed by atoms with Gasteiger partial charge in [0.05, 0.1) is 12.0 Å². The number of benzene rings is 1. The van der Waals surface area contributed by atoms with Crippen molar-refractivity contribution < 1.29 is 32.6 Å². The standard InChI is InChI=1S/C10H7F3O4/c11-7-2-1-5(4-14)9(17-10(12)13)6(7)3-8(15)16/h1-2,4,10H,3H2,(H,15,16). The van der Waals surface area contributed by atoms with Crippen LogP contribution in [0.3, 0.4) is 0 Å². The molecule has 0 bridgehead atoms. The molecule has 1 rings (SSSR count). The van der Waals surface area contributed by atoms with Crippen LogP contribution in [0.1, 0.15) is 15.9 Å². The van der Waals surface area contributed by atoms with Gasteiger partial charge in [-0.15, -0.1) is 0 Å². The number of halogens is 3. The number of ether oxygens (including phenoxy) is 1. The molecule has 0 unspecified atom stereocenters. The highest BCUT2D eigenvalue weighted by Gasteiger charge is 2.20. The van der Waals surface area contributed by atoms with E-state index in [1.54, 1.807) is 0 Å². The number of aliphatic carboxylic acids is 1. The number of rotatable bonds is 5. The summed E-state index contributed by atoms with van der Waals surface area (Å²) in [6, 6.07) is 1.76. The lowest BCUT2D eigenvalue weighted by molar-refractivity contribution is -0.136. The van der Waals surface area contributed by atoms with Gasteiger partial charge >= 0.3 is 12.6 Å². The molecule has 0 aliphatic rings. The Hall–Kier alpha value is -2.05. The van der Waals surface area contributed by atoms with Gasteiger partial charge < -0.3 is 9.84 Å². The minimum Gasteiger partial charge on any atom is -0.481 e. The highest BCUT2D eigenvalue weighted by molar-refractivity contribution is 5.82. The zero-order valence-electron chi connectivity index (χ0n) is 8.32. The fourth-order valence-corrected chi connectivity index (χ4v) is 1.26. The maximum absolute atomic E-state index is 13.3. The molecule has 0 radical (unpaired) electrons. The molecule has 0 amide bonds. The molecule has 4 nitrogen and oxygen atoms in total. The fourth-order valence-electron chi connectivity index (χ4n) is 1.26. The minimum atomic E-state index is -3.27. The van der Waals surface area contributed by atoms with Crippen LogP contribution in [0.5, 0.6) is 5.75 Å². The van der Waals surface area contributed by atoms with Crippen LogP contribution in [-0.4, -0.2) is 24.0 Å². The van der Waals surface area contributed by atoms with Crippen LogP contribution in [0.2, 0.25) is 0 Å². The first-order chi connectivity index (χ1) is 7.95. The summed E-state index contributed by atoms with van der Waals surface area (Å²) in [6.07, 6.45) is -0.669. The largest absolute Gasteiger partial charge is 0.481 e. The SMILES string of the molecule is O=Cc1ccc(F)c(CC(=O)O)c1OC(F)F. The third kappa shape index (κ3) is 3.20. The molecule has 0 atom stereocenters. The number of carbonyl (C=O) groups excluding carboxylic acids is 1. The maximum Gasteiger partial charge on any atom is 0.387 e. The van der Waals surface area contributed by atoms with Crippen LogP contribution >= 0.6 is 0 Å². The Kier molecular flexibility index (Phi) is 4.08. The average molecular weight is 248 g/mol. The number of carboxylic acid groups (broad SMARTS) is 1. The average Bonchev–Trinajstić information content (AvgIpc) is 2.22. The molecule has 7 heteroatoms. The van der Waals surface area contributed by atoms with Crippen molar-refractivity contribution in [3.05, 3.63) is 29.1 Å². The lowest BCUT2D eigenvalue weighted by Crippen LogP contribution is -2.11. The van der Waals surface area contributed by atoms with Gasteiger partial charge in [0, 0.05) is 5.56 Å². The van der Waals surface area contributed by atoms with Crippen LogP contribution in [0.15, 0.2) is 12.1 Å². The lowest BCUT2D eigenvalue weighted by Gasteiger charge is -2.12. The third-order valence-corrected chi connectivity index (χ3v) is 1.90. The van der Waals surface area contributed by atoms with Crippen LogP contribution in [0.4, 0.5) is 13.2 Å². The summed E-state index contributed by atoms with van der Waals surface area (Å²) in [7, 11) is 0. The highest BCUT2D eigenvalue weighted by atomic mass is 19.3. The van der Waals surface area contributed by atoms with Gasteiger partial charge in [0.15, 0.2) is 6.29 Å². The summed E-state index contributed by atoms with van der Waals surface area (Å²) in [5, 5.41) is 8.52. The molecule has 92 valence electrons. The fraction of sp³-hybridized carbons (Fsp3) is 0.200. The zero-order valence-corrected chi connectivity index (χ0v) is 8.32. The molecular formula is C10H7F3O4. The lowest BCUT2D eigenvalue weighted by atomic mass is 10.1. The molecule has 0 spiro atoms. The van der Waals surface area contributed by atoms with E-state index in [0.29, 0.717) is 0 Å². The first kappa shape index (κ1) is 13.0. The van der Waals surface area contributed by atoms with Crippen LogP contribution in [-0.2, 0) is 11.2 Å². The molecular weight excluding hydrogens is 241 g/mol. The zero-order chi connectivity index (χ0) is 13.0. The van der Waals surface area contributed by atoms with Gasteiger partial charge in [-0.1, -0.05) is 0 Å². The first-order valence-corrected chi connectivity index (χ1v) is 4.39. The van der Waals surface area contributed by atoms with Crippen molar-refractivity contribution in [3.63, 3.8) is 0 Å². The Morgan fingerprint density at radius 3 is 2.59 bits per heavy atom. The molecule has 1 aromatic carbocycles. The highest BCUT2D eigenvalue weighted by Crippen LogP contribution is 2.27. The molecule has 17 heavy (non-hydrogen) atoms. The monoisotopic (exact) mass is 248 g/mol. The van der Waals surface area contributed by atoms with Crippen molar-refractivity contribution in [1.82, 2.24) is 0 Å². The van der Waals surface area contributed by atoms with Crippen molar-refractivity contribution >= 4 is 12.3 Å². The molecule has 0 aliphatic heterocycles. The van der Waals surface area contributed by atoms with Crippen molar-refractivity contribution in [3.8, 4) is 5.75 Å². The Balaban J connectivity index is 3.30. The molecule has 0 fully saturated rings. The van der Waals surface area contributed by atoms with E-state index in [1.165, 1.54) is 0 Å². The van der Waals surface area contributed by atoms with Gasteiger partial charge in [-0.3, -0.25) is 9.59 Å². The van der Waals surface area contributed by atoms with E-state index in [9.17, 15) is 22.8 Å². The molecule has 1 N–H and O–H groups in total. The van der Waals surface area contributed by atoms with E-state index in [0.717, 1.165) is 12.1 Å². The summed E-state index contributed by atoms with van der Waals surface area (Å²) in [4.78, 5) is 21.0. The van der Waals surface area contributed by atoms with Crippen LogP contribution in [0.25, 0.3) is 0 Å². The second kappa shape index (κ2) is 5.33. The number of alkyl halides is 2. The van der Waals surface area contributed by atoms with Crippen molar-refractivity contribution in [2.75, 3.05) is 0 Å². The smallest absolute Gasteiger partial charge is 0.387 e. The molecule has 0 saturated heterocycles. The van der Waals surface area contributed by atoms with E-state index >= 15 is 0 Å². The van der Waals surface area contributed by atoms with E-state index in [2.05, 4.69) is 4.74 Å². The van der Waals surface area contributed by atoms with Crippen LogP contribution in [0, 0.1) is 5.82 Å². The maximum atomic E-state index is 13.3. The molecule has 0 aliphatic carbocycles. The first-order valence-electron chi connectivity index (χ1n) is 4.39. The summed E-state index contributed by atoms with van der Waals surface area (Å²) in [6.45, 7) is -3.27. The predicted molar refractivity (Wildman–Crippen MR) is 49.8 cm³/mol. The number of hydrogen-bond donors (Lipinski definition) is 1. The normalized spacial score (nSPS) is 10.4. The van der Waals surface area contributed by atoms with E-state index in [4.69, 9.17) is 5.11 Å². The van der Waals surface area contributed by atoms with Gasteiger partial charge in [0.2, 0.25) is 0 Å². The number of carboxylic acids is 1. The molecule has 0 heterocycles. The van der Waals surface area contributed by atoms with Crippen molar-refractivity contribution in [2.45, 2.75) is 13.0 Å². The second-order valence-corrected chi connectivity index (χ2v) is 3.01. The van der Waals surface area contributed by atoms with E-state index in [-0.39, 0.29) is 11.8 Å². The second-order valence-electron chi connectivity index (χ2n) is 3.01. The van der Waals surface area contributed by atoms with Gasteiger partial charge in [-0.25, -0.2) is 4.39 Å². The summed E-state index contributed by atoms with van der Waals surface area (Å²) >= 11 is 0. The summed E-state index contributed by atoms with van der Waals surface area (Å²) in [5.74, 6) is -3.18. The summed E-state index contributed by atoms with van der Waals surface area (Å²) in [5.41, 5.74) is -0.912. The number of hydrogen-bond acceptors (Lipinski definition) is 3. The Morgan fingerprint density at radius 1 is 1.47 bits per heavy atom. The number of carbonyl (C=O) groups is 2. The van der Waals surface area contributed by atoms with Crippen molar-refractivity contribution in [2.24, 2.45) is 0 Å². The van der Waals surface area contributed by atoms with Gasteiger partial charge in [-0.05, 0) is 12.1 Å². The van der Waals surface area contributed by atoms with Gasteiger partial charge in [0.1, 0.15) is 11.6 Å². The minimum absolute atomic E-state index is 0.183. The molecule has 0 aromatic heterocycles. The molecule has 1 aromatic rings. The number of aldehydes is 1. The Morgan fingerprint density at radius 2 is 2.12 bits per heavy atom. The Bertz CT molecular complexity index is 445. The van der Waals surface area contributed by atoms with E-state index < -0.39 is 36.1 Å². The summed E-state index contributed by atoms with van der Waals surface area (Å²) < 4.78 is 41.4. The third-order valence-electron chi connectivity index (χ3n) is 1.90. The van der Waals surface area contributed by atoms with Crippen molar-refractivity contribution in [1.29, 1.82) is 0 Å². The quantitative estimate of drug-likeness (QED) is 0.808. The van der Waals surface area contributed by atoms with E-state index in [1.807, 2.05) is 0 Å². The Labute approximate surface area is 93.6 Å².